The molecule has 4 aromatic rings. The summed E-state index contributed by atoms with van der Waals surface area (Å²) in [6.07, 6.45) is 3.22. The zero-order valence-electron chi connectivity index (χ0n) is 20.6. The van der Waals surface area contributed by atoms with Crippen LogP contribution in [-0.4, -0.2) is 34.1 Å². The first-order valence-electron chi connectivity index (χ1n) is 11.3. The van der Waals surface area contributed by atoms with Crippen molar-refractivity contribution in [3.8, 4) is 11.5 Å². The Bertz CT molecular complexity index is 1360. The van der Waals surface area contributed by atoms with Crippen LogP contribution >= 0.6 is 0 Å². The molecule has 0 spiro atoms. The summed E-state index contributed by atoms with van der Waals surface area (Å²) < 4.78 is 18.5. The third kappa shape index (κ3) is 6.32. The Balaban J connectivity index is 1.44. The molecule has 0 bridgehead atoms. The van der Waals surface area contributed by atoms with Crippen molar-refractivity contribution in [2.45, 2.75) is 33.0 Å². The van der Waals surface area contributed by atoms with Crippen molar-refractivity contribution >= 4 is 29.0 Å². The molecule has 0 saturated carbocycles. The standard InChI is InChI=1S/C27H28N4O5/c1-27(2,3)36-26(33)30-19-9-7-8-18(14-19)25(32)29-20-11-12-22(34-4)23(15-20)35-17-21-16-31-13-6-5-10-24(31)28-21/h5-16H,17H2,1-4H3,(H,29,32)(H,30,33). The Morgan fingerprint density at radius 2 is 1.75 bits per heavy atom. The van der Waals surface area contributed by atoms with Crippen LogP contribution in [0.25, 0.3) is 5.65 Å². The van der Waals surface area contributed by atoms with Crippen LogP contribution < -0.4 is 20.1 Å². The maximum absolute atomic E-state index is 12.9. The van der Waals surface area contributed by atoms with Gasteiger partial charge in [0.05, 0.1) is 12.8 Å². The summed E-state index contributed by atoms with van der Waals surface area (Å²) in [4.78, 5) is 29.5. The quantitative estimate of drug-likeness (QED) is 0.355. The Morgan fingerprint density at radius 3 is 2.50 bits per heavy atom. The highest BCUT2D eigenvalue weighted by Gasteiger charge is 2.17. The Kier molecular flexibility index (Phi) is 7.10. The van der Waals surface area contributed by atoms with Crippen LogP contribution in [0, 0.1) is 0 Å². The van der Waals surface area contributed by atoms with Crippen LogP contribution in [0.2, 0.25) is 0 Å². The molecule has 186 valence electrons. The van der Waals surface area contributed by atoms with Crippen molar-refractivity contribution in [3.63, 3.8) is 0 Å². The number of pyridine rings is 1. The predicted octanol–water partition coefficient (Wildman–Crippen LogP) is 5.52. The monoisotopic (exact) mass is 488 g/mol. The molecule has 0 radical (unpaired) electrons. The van der Waals surface area contributed by atoms with Gasteiger partial charge in [-0.3, -0.25) is 10.1 Å². The van der Waals surface area contributed by atoms with E-state index in [-0.39, 0.29) is 12.5 Å². The number of hydrogen-bond donors (Lipinski definition) is 2. The number of nitrogens with one attached hydrogen (secondary N) is 2. The van der Waals surface area contributed by atoms with Gasteiger partial charge in [-0.15, -0.1) is 0 Å². The van der Waals surface area contributed by atoms with Gasteiger partial charge in [0, 0.05) is 35.4 Å². The van der Waals surface area contributed by atoms with Crippen LogP contribution in [0.4, 0.5) is 16.2 Å². The van der Waals surface area contributed by atoms with Crippen molar-refractivity contribution in [2.24, 2.45) is 0 Å². The number of imidazole rings is 1. The molecule has 2 heterocycles. The minimum absolute atomic E-state index is 0.230. The molecule has 0 aliphatic carbocycles. The molecule has 0 saturated heterocycles. The Labute approximate surface area is 209 Å². The van der Waals surface area contributed by atoms with Crippen LogP contribution in [-0.2, 0) is 11.3 Å². The third-order valence-electron chi connectivity index (χ3n) is 4.98. The molecule has 0 unspecified atom stereocenters. The van der Waals surface area contributed by atoms with E-state index in [1.54, 1.807) is 70.3 Å². The van der Waals surface area contributed by atoms with Crippen molar-refractivity contribution in [2.75, 3.05) is 17.7 Å². The van der Waals surface area contributed by atoms with Gasteiger partial charge in [0.1, 0.15) is 17.9 Å². The van der Waals surface area contributed by atoms with Gasteiger partial charge in [0.25, 0.3) is 5.91 Å². The molecule has 0 aliphatic heterocycles. The molecule has 2 aromatic carbocycles. The van der Waals surface area contributed by atoms with Gasteiger partial charge in [0.2, 0.25) is 0 Å². The number of ether oxygens (including phenoxy) is 3. The number of carbonyl (C=O) groups excluding carboxylic acids is 2. The van der Waals surface area contributed by atoms with E-state index in [9.17, 15) is 9.59 Å². The number of hydrogen-bond acceptors (Lipinski definition) is 6. The van der Waals surface area contributed by atoms with E-state index < -0.39 is 11.7 Å². The zero-order chi connectivity index (χ0) is 25.7. The molecular weight excluding hydrogens is 460 g/mol. The molecule has 0 aliphatic rings. The number of carbonyl (C=O) groups is 2. The second-order valence-electron chi connectivity index (χ2n) is 9.01. The van der Waals surface area contributed by atoms with E-state index in [0.717, 1.165) is 11.3 Å². The minimum atomic E-state index is -0.627. The summed E-state index contributed by atoms with van der Waals surface area (Å²) >= 11 is 0. The number of aromatic nitrogens is 2. The lowest BCUT2D eigenvalue weighted by Crippen LogP contribution is -2.27. The first-order valence-corrected chi connectivity index (χ1v) is 11.3. The topological polar surface area (TPSA) is 103 Å². The molecule has 2 aromatic heterocycles. The molecule has 9 nitrogen and oxygen atoms in total. The van der Waals surface area contributed by atoms with E-state index in [1.165, 1.54) is 0 Å². The maximum Gasteiger partial charge on any atom is 0.412 e. The number of anilines is 2. The number of fused-ring (bicyclic) bond motifs is 1. The van der Waals surface area contributed by atoms with Crippen molar-refractivity contribution in [3.05, 3.63) is 84.3 Å². The summed E-state index contributed by atoms with van der Waals surface area (Å²) in [5.41, 5.74) is 2.30. The summed E-state index contributed by atoms with van der Waals surface area (Å²) in [5, 5.41) is 5.49. The summed E-state index contributed by atoms with van der Waals surface area (Å²) in [7, 11) is 1.55. The second-order valence-corrected chi connectivity index (χ2v) is 9.01. The first-order chi connectivity index (χ1) is 17.2. The average Bonchev–Trinajstić information content (AvgIpc) is 3.25. The molecule has 0 fully saturated rings. The van der Waals surface area contributed by atoms with Gasteiger partial charge in [-0.05, 0) is 63.2 Å². The molecule has 2 amide bonds. The van der Waals surface area contributed by atoms with E-state index in [1.807, 2.05) is 35.0 Å². The van der Waals surface area contributed by atoms with Crippen LogP contribution in [0.3, 0.4) is 0 Å². The second kappa shape index (κ2) is 10.4. The number of benzene rings is 2. The summed E-state index contributed by atoms with van der Waals surface area (Å²) in [6.45, 7) is 5.57. The van der Waals surface area contributed by atoms with E-state index in [0.29, 0.717) is 28.4 Å². The predicted molar refractivity (Wildman–Crippen MR) is 137 cm³/mol. The highest BCUT2D eigenvalue weighted by molar-refractivity contribution is 6.05. The van der Waals surface area contributed by atoms with Crippen molar-refractivity contribution < 1.29 is 23.8 Å². The molecule has 4 rings (SSSR count). The Morgan fingerprint density at radius 1 is 0.944 bits per heavy atom. The number of rotatable bonds is 7. The largest absolute Gasteiger partial charge is 0.493 e. The SMILES string of the molecule is COc1ccc(NC(=O)c2cccc(NC(=O)OC(C)(C)C)c2)cc1OCc1cn2ccccc2n1. The summed E-state index contributed by atoms with van der Waals surface area (Å²) in [5.74, 6) is 0.646. The smallest absolute Gasteiger partial charge is 0.412 e. The van der Waals surface area contributed by atoms with Gasteiger partial charge in [0.15, 0.2) is 11.5 Å². The number of nitrogens with zero attached hydrogens (tertiary/aromatic N) is 2. The molecule has 36 heavy (non-hydrogen) atoms. The molecular formula is C27H28N4O5. The fraction of sp³-hybridized carbons (Fsp3) is 0.222. The van der Waals surface area contributed by atoms with Gasteiger partial charge >= 0.3 is 6.09 Å². The highest BCUT2D eigenvalue weighted by Crippen LogP contribution is 2.31. The number of methoxy groups -OCH3 is 1. The van der Waals surface area contributed by atoms with E-state index in [2.05, 4.69) is 15.6 Å². The first kappa shape index (κ1) is 24.6. The molecule has 9 heteroatoms. The highest BCUT2D eigenvalue weighted by atomic mass is 16.6. The summed E-state index contributed by atoms with van der Waals surface area (Å²) in [6, 6.07) is 17.5. The fourth-order valence-electron chi connectivity index (χ4n) is 3.44. The maximum atomic E-state index is 12.9. The average molecular weight is 489 g/mol. The van der Waals surface area contributed by atoms with Crippen molar-refractivity contribution in [1.29, 1.82) is 0 Å². The van der Waals surface area contributed by atoms with Gasteiger partial charge in [-0.2, -0.15) is 0 Å². The fourth-order valence-corrected chi connectivity index (χ4v) is 3.44. The normalized spacial score (nSPS) is 11.1. The third-order valence-corrected chi connectivity index (χ3v) is 4.98. The van der Waals surface area contributed by atoms with Crippen LogP contribution in [0.5, 0.6) is 11.5 Å². The lowest BCUT2D eigenvalue weighted by Gasteiger charge is -2.19. The van der Waals surface area contributed by atoms with E-state index in [4.69, 9.17) is 14.2 Å². The van der Waals surface area contributed by atoms with Crippen molar-refractivity contribution in [1.82, 2.24) is 9.38 Å². The van der Waals surface area contributed by atoms with Crippen LogP contribution in [0.15, 0.2) is 73.1 Å². The van der Waals surface area contributed by atoms with Gasteiger partial charge in [-0.1, -0.05) is 12.1 Å². The van der Waals surface area contributed by atoms with Crippen LogP contribution in [0.1, 0.15) is 36.8 Å². The zero-order valence-corrected chi connectivity index (χ0v) is 20.6. The minimum Gasteiger partial charge on any atom is -0.493 e. The van der Waals surface area contributed by atoms with Gasteiger partial charge < -0.3 is 23.9 Å². The number of amides is 2. The Hall–Kier alpha value is -4.53. The lowest BCUT2D eigenvalue weighted by molar-refractivity contribution is 0.0635. The molecule has 2 N–H and O–H groups in total. The molecule has 0 atom stereocenters. The van der Waals surface area contributed by atoms with E-state index >= 15 is 0 Å². The van der Waals surface area contributed by atoms with Gasteiger partial charge in [-0.25, -0.2) is 9.78 Å². The lowest BCUT2D eigenvalue weighted by atomic mass is 10.1.